The van der Waals surface area contributed by atoms with Crippen LogP contribution in [0.3, 0.4) is 0 Å². The van der Waals surface area contributed by atoms with Crippen LogP contribution in [0.4, 0.5) is 0 Å². The maximum absolute atomic E-state index is 12.1. The van der Waals surface area contributed by atoms with E-state index in [2.05, 4.69) is 0 Å². The van der Waals surface area contributed by atoms with Gasteiger partial charge in [-0.05, 0) is 18.9 Å². The average Bonchev–Trinajstić information content (AvgIpc) is 2.86. The number of carboxylic acid groups (broad SMARTS) is 1. The van der Waals surface area contributed by atoms with E-state index in [4.69, 9.17) is 4.84 Å². The zero-order valence-electron chi connectivity index (χ0n) is 12.4. The topological polar surface area (TPSA) is 89.9 Å². The van der Waals surface area contributed by atoms with Crippen LogP contribution in [0, 0.1) is 5.92 Å². The largest absolute Gasteiger partial charge is 0.543 e. The Labute approximate surface area is 122 Å². The van der Waals surface area contributed by atoms with Crippen LogP contribution in [0.5, 0.6) is 0 Å². The summed E-state index contributed by atoms with van der Waals surface area (Å²) in [6.07, 6.45) is 0.0708. The van der Waals surface area contributed by atoms with Crippen molar-refractivity contribution in [3.63, 3.8) is 0 Å². The van der Waals surface area contributed by atoms with E-state index in [1.807, 2.05) is 14.1 Å². The van der Waals surface area contributed by atoms with Crippen molar-refractivity contribution in [2.24, 2.45) is 5.92 Å². The van der Waals surface area contributed by atoms with Gasteiger partial charge in [0.1, 0.15) is 12.6 Å². The van der Waals surface area contributed by atoms with Gasteiger partial charge >= 0.3 is 0 Å². The molecule has 4 atom stereocenters. The number of aliphatic hydroxyl groups excluding tert-OH is 1. The van der Waals surface area contributed by atoms with Crippen molar-refractivity contribution in [2.45, 2.75) is 38.0 Å². The highest BCUT2D eigenvalue weighted by molar-refractivity contribution is 5.99. The molecule has 0 spiro atoms. The summed E-state index contributed by atoms with van der Waals surface area (Å²) >= 11 is 0. The fourth-order valence-corrected chi connectivity index (χ4v) is 3.70. The number of rotatable bonds is 3. The Morgan fingerprint density at radius 3 is 2.67 bits per heavy atom. The number of hydrogen-bond donors (Lipinski definition) is 1. The number of hydrogen-bond acceptors (Lipinski definition) is 5. The minimum Gasteiger partial charge on any atom is -0.543 e. The van der Waals surface area contributed by atoms with E-state index in [1.165, 1.54) is 4.90 Å². The summed E-state index contributed by atoms with van der Waals surface area (Å²) < 4.78 is 0.368. The van der Waals surface area contributed by atoms with E-state index in [9.17, 15) is 19.8 Å². The van der Waals surface area contributed by atoms with Gasteiger partial charge < -0.3 is 19.9 Å². The third kappa shape index (κ3) is 2.07. The number of carbonyl (C=O) groups excluding carboxylic acids is 2. The van der Waals surface area contributed by atoms with Crippen LogP contribution in [0.2, 0.25) is 0 Å². The molecule has 0 radical (unpaired) electrons. The number of amides is 1. The van der Waals surface area contributed by atoms with Gasteiger partial charge in [0.05, 0.1) is 43.8 Å². The Hall–Kier alpha value is -1.44. The van der Waals surface area contributed by atoms with Gasteiger partial charge in [0.15, 0.2) is 0 Å². The predicted molar refractivity (Wildman–Crippen MR) is 68.9 cm³/mol. The van der Waals surface area contributed by atoms with Crippen molar-refractivity contribution in [3.8, 4) is 0 Å². The second-order valence-corrected chi connectivity index (χ2v) is 6.59. The summed E-state index contributed by atoms with van der Waals surface area (Å²) in [5.41, 5.74) is 0.578. The molecule has 3 rings (SSSR count). The molecular formula is C14H20N2O5. The van der Waals surface area contributed by atoms with Crippen molar-refractivity contribution >= 4 is 11.9 Å². The monoisotopic (exact) mass is 296 g/mol. The van der Waals surface area contributed by atoms with Crippen LogP contribution >= 0.6 is 0 Å². The Bertz CT molecular complexity index is 539. The summed E-state index contributed by atoms with van der Waals surface area (Å²) in [5.74, 6) is -2.21. The van der Waals surface area contributed by atoms with Gasteiger partial charge in [-0.3, -0.25) is 4.79 Å². The lowest BCUT2D eigenvalue weighted by Crippen LogP contribution is -2.62. The third-order valence-electron chi connectivity index (χ3n) is 4.69. The van der Waals surface area contributed by atoms with Crippen molar-refractivity contribution in [2.75, 3.05) is 20.6 Å². The molecule has 3 aliphatic rings. The zero-order chi connectivity index (χ0) is 15.5. The molecule has 7 heteroatoms. The minimum atomic E-state index is -1.34. The molecule has 2 saturated heterocycles. The first-order valence-corrected chi connectivity index (χ1v) is 7.20. The Morgan fingerprint density at radius 2 is 2.19 bits per heavy atom. The minimum absolute atomic E-state index is 0.0474. The van der Waals surface area contributed by atoms with Crippen LogP contribution in [0.15, 0.2) is 11.3 Å². The lowest BCUT2D eigenvalue weighted by molar-refractivity contribution is -1.06. The van der Waals surface area contributed by atoms with E-state index in [-0.39, 0.29) is 23.8 Å². The van der Waals surface area contributed by atoms with Gasteiger partial charge in [0.2, 0.25) is 5.91 Å². The highest BCUT2D eigenvalue weighted by Gasteiger charge is 2.57. The lowest BCUT2D eigenvalue weighted by atomic mass is 9.82. The molecule has 0 aromatic rings. The Morgan fingerprint density at radius 1 is 1.52 bits per heavy atom. The van der Waals surface area contributed by atoms with Crippen molar-refractivity contribution in [1.82, 2.24) is 4.90 Å². The molecule has 2 fully saturated rings. The Kier molecular flexibility index (Phi) is 3.12. The SMILES string of the molecule is C[C@@H](O)[C@H]1C(=O)N2C(C(=O)[O-])=C(C3CC[N+](C)(C)O3)C[C@H]12. The van der Waals surface area contributed by atoms with Gasteiger partial charge in [0, 0.05) is 6.42 Å². The van der Waals surface area contributed by atoms with Crippen LogP contribution in [-0.4, -0.2) is 65.4 Å². The van der Waals surface area contributed by atoms with E-state index in [0.29, 0.717) is 23.1 Å². The fraction of sp³-hybridized carbons (Fsp3) is 0.714. The first-order valence-electron chi connectivity index (χ1n) is 7.20. The maximum Gasteiger partial charge on any atom is 0.235 e. The second kappa shape index (κ2) is 4.53. The number of aliphatic carboxylic acids is 1. The first kappa shape index (κ1) is 14.5. The van der Waals surface area contributed by atoms with Crippen LogP contribution in [-0.2, 0) is 14.4 Å². The summed E-state index contributed by atoms with van der Waals surface area (Å²) in [6.45, 7) is 2.34. The first-order chi connectivity index (χ1) is 9.73. The molecule has 3 heterocycles. The number of hydroxylamine groups is 3. The number of aliphatic hydroxyl groups is 1. The molecule has 0 saturated carbocycles. The van der Waals surface area contributed by atoms with Gasteiger partial charge in [0.25, 0.3) is 0 Å². The van der Waals surface area contributed by atoms with E-state index >= 15 is 0 Å². The van der Waals surface area contributed by atoms with Crippen LogP contribution in [0.25, 0.3) is 0 Å². The molecule has 1 N–H and O–H groups in total. The quantitative estimate of drug-likeness (QED) is 0.499. The molecule has 21 heavy (non-hydrogen) atoms. The van der Waals surface area contributed by atoms with E-state index in [1.54, 1.807) is 6.92 Å². The summed E-state index contributed by atoms with van der Waals surface area (Å²) in [5, 5.41) is 21.1. The molecule has 7 nitrogen and oxygen atoms in total. The molecule has 0 aromatic carbocycles. The number of carboxylic acids is 1. The van der Waals surface area contributed by atoms with Gasteiger partial charge in [-0.25, -0.2) is 0 Å². The molecule has 0 aliphatic carbocycles. The molecule has 116 valence electrons. The highest BCUT2D eigenvalue weighted by Crippen LogP contribution is 2.46. The fourth-order valence-electron chi connectivity index (χ4n) is 3.70. The standard InChI is InChI=1S/C14H20N2O5/c1-7(17)11-9-6-8(10-4-5-16(2,3)21-10)12(14(19)20)15(9)13(11)18/h7,9-11,17H,4-6H2,1-3H3/t7-,9-,10?,11-/m1/s1. The van der Waals surface area contributed by atoms with Gasteiger partial charge in [-0.2, -0.15) is 9.48 Å². The van der Waals surface area contributed by atoms with Crippen LogP contribution < -0.4 is 5.11 Å². The molecule has 1 amide bonds. The van der Waals surface area contributed by atoms with Crippen molar-refractivity contribution < 1.29 is 29.3 Å². The normalized spacial score (nSPS) is 35.7. The van der Waals surface area contributed by atoms with E-state index in [0.717, 1.165) is 6.54 Å². The van der Waals surface area contributed by atoms with Crippen LogP contribution in [0.1, 0.15) is 19.8 Å². The molecular weight excluding hydrogens is 276 g/mol. The summed E-state index contributed by atoms with van der Waals surface area (Å²) in [6, 6.07) is -0.278. The second-order valence-electron chi connectivity index (χ2n) is 6.59. The number of carbonyl (C=O) groups is 2. The lowest BCUT2D eigenvalue weighted by Gasteiger charge is -2.45. The number of nitrogens with zero attached hydrogens (tertiary/aromatic N) is 2. The Balaban J connectivity index is 1.90. The van der Waals surface area contributed by atoms with Gasteiger partial charge in [-0.1, -0.05) is 0 Å². The highest BCUT2D eigenvalue weighted by atomic mass is 16.7. The van der Waals surface area contributed by atoms with E-state index < -0.39 is 18.0 Å². The molecule has 1 unspecified atom stereocenters. The molecule has 3 aliphatic heterocycles. The summed E-state index contributed by atoms with van der Waals surface area (Å²) in [4.78, 5) is 30.7. The molecule has 0 aromatic heterocycles. The number of fused-ring (bicyclic) bond motifs is 1. The van der Waals surface area contributed by atoms with Gasteiger partial charge in [-0.15, -0.1) is 0 Å². The number of β-lactam (4-membered cyclic amide) rings is 1. The van der Waals surface area contributed by atoms with Crippen molar-refractivity contribution in [3.05, 3.63) is 11.3 Å². The third-order valence-corrected chi connectivity index (χ3v) is 4.69. The average molecular weight is 296 g/mol. The molecule has 0 bridgehead atoms. The zero-order valence-corrected chi connectivity index (χ0v) is 12.4. The maximum atomic E-state index is 12.1. The van der Waals surface area contributed by atoms with Crippen molar-refractivity contribution in [1.29, 1.82) is 0 Å². The summed E-state index contributed by atoms with van der Waals surface area (Å²) in [7, 11) is 3.82. The predicted octanol–water partition coefficient (Wildman–Crippen LogP) is -1.62. The smallest absolute Gasteiger partial charge is 0.235 e. The number of quaternary nitrogens is 1.